The Labute approximate surface area is 83.2 Å². The first kappa shape index (κ1) is 8.99. The van der Waals surface area contributed by atoms with E-state index in [4.69, 9.17) is 0 Å². The summed E-state index contributed by atoms with van der Waals surface area (Å²) in [6, 6.07) is 0.151. The monoisotopic (exact) mass is 189 g/mol. The molecule has 2 aromatic heterocycles. The Morgan fingerprint density at radius 1 is 1.43 bits per heavy atom. The third-order valence-corrected chi connectivity index (χ3v) is 2.29. The summed E-state index contributed by atoms with van der Waals surface area (Å²) < 4.78 is 3.99. The fourth-order valence-electron chi connectivity index (χ4n) is 1.39. The number of nitrogens with zero attached hydrogens (tertiary/aromatic N) is 4. The van der Waals surface area contributed by atoms with Gasteiger partial charge in [0.1, 0.15) is 5.82 Å². The van der Waals surface area contributed by atoms with Gasteiger partial charge in [0.05, 0.1) is 6.33 Å². The van der Waals surface area contributed by atoms with E-state index in [-0.39, 0.29) is 6.04 Å². The van der Waals surface area contributed by atoms with Crippen LogP contribution in [-0.4, -0.2) is 19.1 Å². The summed E-state index contributed by atoms with van der Waals surface area (Å²) in [5.74, 6) is 1.04. The largest absolute Gasteiger partial charge is 0.338 e. The Morgan fingerprint density at radius 2 is 2.29 bits per heavy atom. The van der Waals surface area contributed by atoms with Crippen LogP contribution in [0.1, 0.15) is 11.9 Å². The number of aryl methyl sites for hydroxylation is 1. The maximum atomic E-state index is 4.25. The van der Waals surface area contributed by atoms with Crippen molar-refractivity contribution in [2.45, 2.75) is 12.5 Å². The second-order valence-corrected chi connectivity index (χ2v) is 3.32. The van der Waals surface area contributed by atoms with E-state index in [9.17, 15) is 0 Å². The molecule has 1 radical (unpaired) electrons. The van der Waals surface area contributed by atoms with Crippen LogP contribution in [0.15, 0.2) is 31.1 Å². The molecule has 0 N–H and O–H groups in total. The van der Waals surface area contributed by atoms with Gasteiger partial charge in [-0.05, 0) is 6.92 Å². The van der Waals surface area contributed by atoms with Crippen LogP contribution in [0, 0.1) is 6.92 Å². The van der Waals surface area contributed by atoms with Crippen LogP contribution in [-0.2, 0) is 13.5 Å². The second-order valence-electron chi connectivity index (χ2n) is 3.32. The van der Waals surface area contributed by atoms with E-state index in [0.29, 0.717) is 0 Å². The standard InChI is InChI=1S/C10H13N4/c1-9(14-6-3-11-8-14)7-10-12-4-5-13(10)2/h3-6,8-9H,1,7H2,2H3. The van der Waals surface area contributed by atoms with E-state index in [1.165, 1.54) is 0 Å². The van der Waals surface area contributed by atoms with Gasteiger partial charge in [-0.1, -0.05) is 0 Å². The summed E-state index contributed by atoms with van der Waals surface area (Å²) >= 11 is 0. The Bertz CT molecular complexity index is 388. The lowest BCUT2D eigenvalue weighted by Gasteiger charge is -2.12. The summed E-state index contributed by atoms with van der Waals surface area (Å²) in [5.41, 5.74) is 0. The van der Waals surface area contributed by atoms with Gasteiger partial charge < -0.3 is 9.13 Å². The minimum absolute atomic E-state index is 0.151. The minimum atomic E-state index is 0.151. The van der Waals surface area contributed by atoms with E-state index < -0.39 is 0 Å². The molecule has 1 unspecified atom stereocenters. The van der Waals surface area contributed by atoms with Crippen LogP contribution >= 0.6 is 0 Å². The summed E-state index contributed by atoms with van der Waals surface area (Å²) in [6.07, 6.45) is 10.0. The van der Waals surface area contributed by atoms with E-state index in [2.05, 4.69) is 16.9 Å². The minimum Gasteiger partial charge on any atom is -0.338 e. The predicted octanol–water partition coefficient (Wildman–Crippen LogP) is 1.23. The Morgan fingerprint density at radius 3 is 2.86 bits per heavy atom. The predicted molar refractivity (Wildman–Crippen MR) is 53.5 cm³/mol. The lowest BCUT2D eigenvalue weighted by Crippen LogP contribution is -2.09. The highest BCUT2D eigenvalue weighted by Gasteiger charge is 2.07. The van der Waals surface area contributed by atoms with E-state index in [1.807, 2.05) is 28.6 Å². The fourth-order valence-corrected chi connectivity index (χ4v) is 1.39. The summed E-state index contributed by atoms with van der Waals surface area (Å²) in [7, 11) is 1.99. The van der Waals surface area contributed by atoms with Crippen LogP contribution in [0.25, 0.3) is 0 Å². The molecule has 0 saturated carbocycles. The molecule has 2 rings (SSSR count). The van der Waals surface area contributed by atoms with Crippen molar-refractivity contribution in [3.8, 4) is 0 Å². The van der Waals surface area contributed by atoms with Gasteiger partial charge >= 0.3 is 0 Å². The molecule has 4 heteroatoms. The number of aromatic nitrogens is 4. The molecule has 0 fully saturated rings. The Balaban J connectivity index is 2.09. The molecule has 4 nitrogen and oxygen atoms in total. The van der Waals surface area contributed by atoms with Crippen molar-refractivity contribution in [3.63, 3.8) is 0 Å². The smallest absolute Gasteiger partial charge is 0.110 e. The lowest BCUT2D eigenvalue weighted by atomic mass is 10.2. The van der Waals surface area contributed by atoms with Crippen molar-refractivity contribution in [1.82, 2.24) is 19.1 Å². The normalized spacial score (nSPS) is 13.0. The van der Waals surface area contributed by atoms with Gasteiger partial charge in [-0.3, -0.25) is 0 Å². The number of imidazole rings is 2. The molecule has 1 atom stereocenters. The molecule has 14 heavy (non-hydrogen) atoms. The van der Waals surface area contributed by atoms with Gasteiger partial charge in [-0.25, -0.2) is 9.97 Å². The first-order chi connectivity index (χ1) is 6.77. The molecule has 0 bridgehead atoms. The van der Waals surface area contributed by atoms with Gasteiger partial charge in [0.2, 0.25) is 0 Å². The zero-order valence-corrected chi connectivity index (χ0v) is 8.17. The molecule has 73 valence electrons. The first-order valence-electron chi connectivity index (χ1n) is 4.54. The number of rotatable bonds is 3. The molecule has 0 aromatic carbocycles. The number of hydrogen-bond acceptors (Lipinski definition) is 2. The summed E-state index contributed by atoms with van der Waals surface area (Å²) in [6.45, 7) is 4.07. The van der Waals surface area contributed by atoms with Gasteiger partial charge in [-0.2, -0.15) is 0 Å². The first-order valence-corrected chi connectivity index (χ1v) is 4.54. The summed E-state index contributed by atoms with van der Waals surface area (Å²) in [4.78, 5) is 8.25. The zero-order chi connectivity index (χ0) is 9.97. The molecule has 0 aliphatic carbocycles. The zero-order valence-electron chi connectivity index (χ0n) is 8.17. The maximum absolute atomic E-state index is 4.25. The van der Waals surface area contributed by atoms with Crippen LogP contribution in [0.4, 0.5) is 0 Å². The van der Waals surface area contributed by atoms with Crippen molar-refractivity contribution in [3.05, 3.63) is 43.9 Å². The van der Waals surface area contributed by atoms with Crippen LogP contribution in [0.5, 0.6) is 0 Å². The van der Waals surface area contributed by atoms with Gasteiger partial charge in [-0.15, -0.1) is 0 Å². The highest BCUT2D eigenvalue weighted by molar-refractivity contribution is 4.96. The van der Waals surface area contributed by atoms with Crippen molar-refractivity contribution >= 4 is 0 Å². The van der Waals surface area contributed by atoms with Gasteiger partial charge in [0.15, 0.2) is 0 Å². The molecule has 0 amide bonds. The third kappa shape index (κ3) is 1.69. The molecular weight excluding hydrogens is 176 g/mol. The van der Waals surface area contributed by atoms with Crippen molar-refractivity contribution in [2.75, 3.05) is 0 Å². The molecule has 0 aliphatic rings. The molecule has 2 heterocycles. The van der Waals surface area contributed by atoms with E-state index >= 15 is 0 Å². The SMILES string of the molecule is [CH2]C(Cc1nccn1C)n1ccnc1. The lowest BCUT2D eigenvalue weighted by molar-refractivity contribution is 0.567. The Hall–Kier alpha value is -1.58. The second kappa shape index (κ2) is 3.65. The molecule has 0 saturated heterocycles. The van der Waals surface area contributed by atoms with E-state index in [1.54, 1.807) is 18.7 Å². The maximum Gasteiger partial charge on any atom is 0.110 e. The van der Waals surface area contributed by atoms with Crippen LogP contribution < -0.4 is 0 Å². The molecule has 2 aromatic rings. The highest BCUT2D eigenvalue weighted by atomic mass is 15.1. The molecule has 0 spiro atoms. The van der Waals surface area contributed by atoms with Crippen molar-refractivity contribution in [1.29, 1.82) is 0 Å². The number of hydrogen-bond donors (Lipinski definition) is 0. The Kier molecular flexibility index (Phi) is 2.35. The van der Waals surface area contributed by atoms with Crippen molar-refractivity contribution < 1.29 is 0 Å². The average molecular weight is 189 g/mol. The van der Waals surface area contributed by atoms with Crippen LogP contribution in [0.3, 0.4) is 0 Å². The highest BCUT2D eigenvalue weighted by Crippen LogP contribution is 2.10. The third-order valence-electron chi connectivity index (χ3n) is 2.29. The van der Waals surface area contributed by atoms with Gasteiger partial charge in [0.25, 0.3) is 0 Å². The quantitative estimate of drug-likeness (QED) is 0.728. The molecular formula is C10H13N4. The average Bonchev–Trinajstić information content (AvgIpc) is 2.77. The molecule has 0 aliphatic heterocycles. The topological polar surface area (TPSA) is 35.6 Å². The summed E-state index contributed by atoms with van der Waals surface area (Å²) in [5, 5.41) is 0. The van der Waals surface area contributed by atoms with Crippen LogP contribution in [0.2, 0.25) is 0 Å². The van der Waals surface area contributed by atoms with E-state index in [0.717, 1.165) is 12.2 Å². The van der Waals surface area contributed by atoms with Gasteiger partial charge in [0, 0.05) is 44.3 Å². The van der Waals surface area contributed by atoms with Crippen molar-refractivity contribution in [2.24, 2.45) is 7.05 Å². The fraction of sp³-hybridized carbons (Fsp3) is 0.300.